The van der Waals surface area contributed by atoms with Gasteiger partial charge in [-0.05, 0) is 41.5 Å². The van der Waals surface area contributed by atoms with E-state index in [1.54, 1.807) is 0 Å². The summed E-state index contributed by atoms with van der Waals surface area (Å²) in [6.45, 7) is 0. The van der Waals surface area contributed by atoms with Crippen molar-refractivity contribution >= 4 is 39.1 Å². The summed E-state index contributed by atoms with van der Waals surface area (Å²) in [5.41, 5.74) is 4.69. The lowest BCUT2D eigenvalue weighted by Crippen LogP contribution is -2.29. The molecule has 0 fully saturated rings. The molecule has 0 heterocycles. The summed E-state index contributed by atoms with van der Waals surface area (Å²) in [4.78, 5) is 0. The minimum Gasteiger partial charge on any atom is -0.271 e. The van der Waals surface area contributed by atoms with Gasteiger partial charge >= 0.3 is 0 Å². The first-order valence-corrected chi connectivity index (χ1v) is 6.83. The van der Waals surface area contributed by atoms with Gasteiger partial charge < -0.3 is 0 Å². The zero-order chi connectivity index (χ0) is 13.1. The highest BCUT2D eigenvalue weighted by Crippen LogP contribution is 2.30. The van der Waals surface area contributed by atoms with E-state index in [4.69, 9.17) is 29.0 Å². The van der Waals surface area contributed by atoms with Crippen LogP contribution in [-0.4, -0.2) is 0 Å². The molecular formula is C13H11BrCl2N2. The summed E-state index contributed by atoms with van der Waals surface area (Å²) in [6.07, 6.45) is 0. The third-order valence-electron chi connectivity index (χ3n) is 2.64. The number of hydrogen-bond acceptors (Lipinski definition) is 2. The van der Waals surface area contributed by atoms with Crippen molar-refractivity contribution < 1.29 is 0 Å². The maximum atomic E-state index is 6.21. The Morgan fingerprint density at radius 1 is 1.06 bits per heavy atom. The zero-order valence-electron chi connectivity index (χ0n) is 9.33. The molecule has 3 N–H and O–H groups in total. The molecule has 0 amide bonds. The summed E-state index contributed by atoms with van der Waals surface area (Å²) in [6, 6.07) is 13.0. The highest BCUT2D eigenvalue weighted by molar-refractivity contribution is 9.10. The van der Waals surface area contributed by atoms with Crippen LogP contribution >= 0.6 is 39.1 Å². The normalized spacial score (nSPS) is 12.4. The maximum Gasteiger partial charge on any atom is 0.0724 e. The highest BCUT2D eigenvalue weighted by atomic mass is 79.9. The summed E-state index contributed by atoms with van der Waals surface area (Å²) in [5, 5.41) is 1.35. The smallest absolute Gasteiger partial charge is 0.0724 e. The molecular weight excluding hydrogens is 335 g/mol. The maximum absolute atomic E-state index is 6.21. The van der Waals surface area contributed by atoms with E-state index in [0.717, 1.165) is 15.6 Å². The molecule has 1 atom stereocenters. The van der Waals surface area contributed by atoms with Crippen LogP contribution in [0.5, 0.6) is 0 Å². The number of nitrogens with one attached hydrogen (secondary N) is 1. The number of benzene rings is 2. The van der Waals surface area contributed by atoms with Gasteiger partial charge in [0.25, 0.3) is 0 Å². The Labute approximate surface area is 124 Å². The summed E-state index contributed by atoms with van der Waals surface area (Å²) in [5.74, 6) is 5.64. The fraction of sp³-hybridized carbons (Fsp3) is 0.0769. The molecule has 0 aliphatic rings. The van der Waals surface area contributed by atoms with Crippen molar-refractivity contribution in [1.82, 2.24) is 5.43 Å². The van der Waals surface area contributed by atoms with Crippen molar-refractivity contribution in [2.24, 2.45) is 5.84 Å². The SMILES string of the molecule is NNC(c1ccc(Cl)cc1)c1cc(Br)ccc1Cl. The second-order valence-corrected chi connectivity index (χ2v) is 5.58. The lowest BCUT2D eigenvalue weighted by atomic mass is 9.99. The van der Waals surface area contributed by atoms with Gasteiger partial charge in [0, 0.05) is 14.5 Å². The van der Waals surface area contributed by atoms with E-state index in [1.165, 1.54) is 0 Å². The van der Waals surface area contributed by atoms with Crippen LogP contribution in [0, 0.1) is 0 Å². The molecule has 94 valence electrons. The van der Waals surface area contributed by atoms with Crippen LogP contribution < -0.4 is 11.3 Å². The van der Waals surface area contributed by atoms with E-state index >= 15 is 0 Å². The molecule has 2 aromatic rings. The number of hydrogen-bond donors (Lipinski definition) is 2. The zero-order valence-corrected chi connectivity index (χ0v) is 12.4. The molecule has 0 saturated heterocycles. The molecule has 2 aromatic carbocycles. The molecule has 0 bridgehead atoms. The van der Waals surface area contributed by atoms with Gasteiger partial charge in [0.15, 0.2) is 0 Å². The number of nitrogens with two attached hydrogens (primary N) is 1. The van der Waals surface area contributed by atoms with Crippen LogP contribution in [0.15, 0.2) is 46.9 Å². The monoisotopic (exact) mass is 344 g/mol. The molecule has 18 heavy (non-hydrogen) atoms. The van der Waals surface area contributed by atoms with Gasteiger partial charge in [0.05, 0.1) is 6.04 Å². The van der Waals surface area contributed by atoms with Crippen molar-refractivity contribution in [2.75, 3.05) is 0 Å². The average Bonchev–Trinajstić information content (AvgIpc) is 2.37. The second kappa shape index (κ2) is 6.04. The van der Waals surface area contributed by atoms with Gasteiger partial charge in [-0.1, -0.05) is 51.3 Å². The van der Waals surface area contributed by atoms with Crippen LogP contribution in [0.25, 0.3) is 0 Å². The van der Waals surface area contributed by atoms with Crippen LogP contribution in [0.1, 0.15) is 17.2 Å². The van der Waals surface area contributed by atoms with Crippen LogP contribution in [0.3, 0.4) is 0 Å². The standard InChI is InChI=1S/C13H11BrCl2N2/c14-9-3-6-12(16)11(7-9)13(18-17)8-1-4-10(15)5-2-8/h1-7,13,18H,17H2. The molecule has 0 aromatic heterocycles. The topological polar surface area (TPSA) is 38.0 Å². The van der Waals surface area contributed by atoms with E-state index in [2.05, 4.69) is 21.4 Å². The predicted octanol–water partition coefficient (Wildman–Crippen LogP) is 4.31. The number of hydrazine groups is 1. The molecule has 1 unspecified atom stereocenters. The fourth-order valence-corrected chi connectivity index (χ4v) is 2.49. The van der Waals surface area contributed by atoms with Crippen molar-refractivity contribution in [1.29, 1.82) is 0 Å². The van der Waals surface area contributed by atoms with Gasteiger partial charge in [-0.3, -0.25) is 5.84 Å². The average molecular weight is 346 g/mol. The van der Waals surface area contributed by atoms with E-state index in [0.29, 0.717) is 10.0 Å². The third-order valence-corrected chi connectivity index (χ3v) is 3.73. The Morgan fingerprint density at radius 3 is 2.33 bits per heavy atom. The van der Waals surface area contributed by atoms with E-state index < -0.39 is 0 Å². The molecule has 0 spiro atoms. The molecule has 0 radical (unpaired) electrons. The van der Waals surface area contributed by atoms with Gasteiger partial charge in [-0.25, -0.2) is 5.43 Å². The summed E-state index contributed by atoms with van der Waals surface area (Å²) >= 11 is 15.5. The Hall–Kier alpha value is -0.580. The van der Waals surface area contributed by atoms with Crippen molar-refractivity contribution in [3.8, 4) is 0 Å². The van der Waals surface area contributed by atoms with Gasteiger partial charge in [0.2, 0.25) is 0 Å². The Kier molecular flexibility index (Phi) is 4.65. The highest BCUT2D eigenvalue weighted by Gasteiger charge is 2.15. The van der Waals surface area contributed by atoms with Crippen LogP contribution in [0.2, 0.25) is 10.0 Å². The fourth-order valence-electron chi connectivity index (χ4n) is 1.76. The molecule has 0 aliphatic carbocycles. The van der Waals surface area contributed by atoms with E-state index in [-0.39, 0.29) is 6.04 Å². The lowest BCUT2D eigenvalue weighted by molar-refractivity contribution is 0.637. The minimum atomic E-state index is -0.174. The number of rotatable bonds is 3. The molecule has 5 heteroatoms. The number of halogens is 3. The van der Waals surface area contributed by atoms with Crippen molar-refractivity contribution in [3.05, 3.63) is 68.1 Å². The lowest BCUT2D eigenvalue weighted by Gasteiger charge is -2.18. The Bertz CT molecular complexity index is 543. The molecule has 2 nitrogen and oxygen atoms in total. The van der Waals surface area contributed by atoms with Gasteiger partial charge in [-0.15, -0.1) is 0 Å². The minimum absolute atomic E-state index is 0.174. The molecule has 2 rings (SSSR count). The van der Waals surface area contributed by atoms with E-state index in [1.807, 2.05) is 42.5 Å². The quantitative estimate of drug-likeness (QED) is 0.642. The van der Waals surface area contributed by atoms with Gasteiger partial charge in [-0.2, -0.15) is 0 Å². The Balaban J connectivity index is 2.44. The first kappa shape index (κ1) is 13.8. The molecule has 0 aliphatic heterocycles. The predicted molar refractivity (Wildman–Crippen MR) is 79.8 cm³/mol. The van der Waals surface area contributed by atoms with Crippen LogP contribution in [-0.2, 0) is 0 Å². The first-order chi connectivity index (χ1) is 8.61. The van der Waals surface area contributed by atoms with Crippen molar-refractivity contribution in [2.45, 2.75) is 6.04 Å². The second-order valence-electron chi connectivity index (χ2n) is 3.82. The first-order valence-electron chi connectivity index (χ1n) is 5.28. The van der Waals surface area contributed by atoms with Gasteiger partial charge in [0.1, 0.15) is 0 Å². The Morgan fingerprint density at radius 2 is 1.72 bits per heavy atom. The van der Waals surface area contributed by atoms with Crippen LogP contribution in [0.4, 0.5) is 0 Å². The summed E-state index contributed by atoms with van der Waals surface area (Å²) < 4.78 is 0.955. The largest absolute Gasteiger partial charge is 0.271 e. The summed E-state index contributed by atoms with van der Waals surface area (Å²) in [7, 11) is 0. The third kappa shape index (κ3) is 3.05. The van der Waals surface area contributed by atoms with E-state index in [9.17, 15) is 0 Å². The molecule has 0 saturated carbocycles. The van der Waals surface area contributed by atoms with Crippen molar-refractivity contribution in [3.63, 3.8) is 0 Å².